The molecule has 0 aliphatic rings. The fourth-order valence-electron chi connectivity index (χ4n) is 3.80. The van der Waals surface area contributed by atoms with Gasteiger partial charge in [-0.15, -0.1) is 0 Å². The molecule has 0 spiro atoms. The second kappa shape index (κ2) is 21.0. The Bertz CT molecular complexity index is 276. The molecule has 1 atom stereocenters. The molecule has 0 aliphatic heterocycles. The highest BCUT2D eigenvalue weighted by Gasteiger charge is 2.12. The monoisotopic (exact) mass is 362 g/mol. The van der Waals surface area contributed by atoms with Gasteiger partial charge in [0, 0.05) is 0 Å². The lowest BCUT2D eigenvalue weighted by Crippen LogP contribution is -2.08. The third-order valence-electron chi connectivity index (χ3n) is 5.75. The smallest absolute Gasteiger partial charge is 0.0351 e. The molecule has 0 heterocycles. The highest BCUT2D eigenvalue weighted by molar-refractivity contribution is 4.81. The van der Waals surface area contributed by atoms with Gasteiger partial charge in [-0.05, 0) is 37.5 Å². The summed E-state index contributed by atoms with van der Waals surface area (Å²) in [5.74, 6) is 1.81. The van der Waals surface area contributed by atoms with Crippen LogP contribution >= 0.6 is 0 Å². The predicted octanol–water partition coefficient (Wildman–Crippen LogP) is 9.50. The first kappa shape index (κ1) is 25.7. The lowest BCUT2D eigenvalue weighted by atomic mass is 9.86. The van der Waals surface area contributed by atoms with Gasteiger partial charge in [-0.2, -0.15) is 0 Å². The van der Waals surface area contributed by atoms with E-state index in [-0.39, 0.29) is 0 Å². The third kappa shape index (κ3) is 18.5. The molecule has 1 unspecified atom stereocenters. The minimum atomic E-state index is 0.857. The van der Waals surface area contributed by atoms with Crippen molar-refractivity contribution < 1.29 is 0 Å². The van der Waals surface area contributed by atoms with Crippen LogP contribution in [0, 0.1) is 25.7 Å². The molecule has 0 aliphatic carbocycles. The van der Waals surface area contributed by atoms with Crippen molar-refractivity contribution in [1.29, 1.82) is 0 Å². The Kier molecular flexibility index (Phi) is 20.8. The van der Waals surface area contributed by atoms with Gasteiger partial charge in [0.1, 0.15) is 0 Å². The molecule has 0 aromatic rings. The fraction of sp³-hybridized carbons (Fsp3) is 0.846. The molecule has 0 amide bonds. The summed E-state index contributed by atoms with van der Waals surface area (Å²) >= 11 is 0. The fourth-order valence-corrected chi connectivity index (χ4v) is 3.80. The van der Waals surface area contributed by atoms with Gasteiger partial charge >= 0.3 is 0 Å². The SMILES string of the molecule is [CH2]CCCCCC/C=C/CCCCCCCCC(CCCC[CH2])C(C)C. The Morgan fingerprint density at radius 1 is 0.538 bits per heavy atom. The summed E-state index contributed by atoms with van der Waals surface area (Å²) in [7, 11) is 0. The standard InChI is InChI=1S/C26H50/c1-5-7-9-10-11-12-13-14-15-16-17-18-19-20-22-24-26(25(3)4)23-21-8-6-2/h13-14,25-26H,1-2,5-12,15-24H2,3-4H3/b14-13+. The second-order valence-corrected chi connectivity index (χ2v) is 8.58. The van der Waals surface area contributed by atoms with E-state index in [2.05, 4.69) is 39.8 Å². The molecule has 0 aromatic carbocycles. The normalized spacial score (nSPS) is 13.1. The zero-order chi connectivity index (χ0) is 19.3. The summed E-state index contributed by atoms with van der Waals surface area (Å²) in [4.78, 5) is 0. The number of hydrogen-bond donors (Lipinski definition) is 0. The number of unbranched alkanes of at least 4 members (excludes halogenated alkanes) is 13. The van der Waals surface area contributed by atoms with Crippen molar-refractivity contribution in [3.63, 3.8) is 0 Å². The Morgan fingerprint density at radius 2 is 0.923 bits per heavy atom. The highest BCUT2D eigenvalue weighted by atomic mass is 14.2. The van der Waals surface area contributed by atoms with Crippen LogP contribution in [0.3, 0.4) is 0 Å². The average molecular weight is 363 g/mol. The first-order valence-electron chi connectivity index (χ1n) is 12.0. The number of allylic oxidation sites excluding steroid dienone is 2. The Labute approximate surface area is 167 Å². The van der Waals surface area contributed by atoms with Crippen LogP contribution in [0.5, 0.6) is 0 Å². The minimum absolute atomic E-state index is 0.857. The summed E-state index contributed by atoms with van der Waals surface area (Å²) in [6.45, 7) is 12.7. The van der Waals surface area contributed by atoms with Crippen molar-refractivity contribution >= 4 is 0 Å². The van der Waals surface area contributed by atoms with Crippen molar-refractivity contribution in [1.82, 2.24) is 0 Å². The van der Waals surface area contributed by atoms with Crippen LogP contribution in [-0.4, -0.2) is 0 Å². The minimum Gasteiger partial charge on any atom is -0.0885 e. The Morgan fingerprint density at radius 3 is 1.42 bits per heavy atom. The quantitative estimate of drug-likeness (QED) is 0.149. The van der Waals surface area contributed by atoms with Gasteiger partial charge in [0.15, 0.2) is 0 Å². The Balaban J connectivity index is 3.36. The van der Waals surface area contributed by atoms with E-state index in [1.54, 1.807) is 0 Å². The van der Waals surface area contributed by atoms with Crippen LogP contribution in [0.15, 0.2) is 12.2 Å². The van der Waals surface area contributed by atoms with Crippen LogP contribution in [0.25, 0.3) is 0 Å². The van der Waals surface area contributed by atoms with Gasteiger partial charge in [-0.3, -0.25) is 0 Å². The molecule has 0 heteroatoms. The van der Waals surface area contributed by atoms with Crippen LogP contribution in [0.4, 0.5) is 0 Å². The van der Waals surface area contributed by atoms with E-state index in [9.17, 15) is 0 Å². The molecule has 0 N–H and O–H groups in total. The van der Waals surface area contributed by atoms with E-state index in [1.807, 2.05) is 0 Å². The van der Waals surface area contributed by atoms with Gasteiger partial charge in [-0.1, -0.05) is 130 Å². The van der Waals surface area contributed by atoms with Crippen LogP contribution < -0.4 is 0 Å². The largest absolute Gasteiger partial charge is 0.0885 e. The molecule has 0 rings (SSSR count). The molecular weight excluding hydrogens is 312 g/mol. The summed E-state index contributed by atoms with van der Waals surface area (Å²) in [6, 6.07) is 0. The van der Waals surface area contributed by atoms with E-state index in [0.717, 1.165) is 24.7 Å². The lowest BCUT2D eigenvalue weighted by molar-refractivity contribution is 0.314. The van der Waals surface area contributed by atoms with Crippen molar-refractivity contribution in [3.8, 4) is 0 Å². The van der Waals surface area contributed by atoms with Gasteiger partial charge in [0.2, 0.25) is 0 Å². The number of hydrogen-bond acceptors (Lipinski definition) is 0. The van der Waals surface area contributed by atoms with Gasteiger partial charge in [0.25, 0.3) is 0 Å². The van der Waals surface area contributed by atoms with Crippen molar-refractivity contribution in [2.75, 3.05) is 0 Å². The van der Waals surface area contributed by atoms with Crippen LogP contribution in [0.1, 0.15) is 129 Å². The highest BCUT2D eigenvalue weighted by Crippen LogP contribution is 2.25. The van der Waals surface area contributed by atoms with E-state index >= 15 is 0 Å². The lowest BCUT2D eigenvalue weighted by Gasteiger charge is -2.20. The molecule has 0 bridgehead atoms. The molecular formula is C26H50. The van der Waals surface area contributed by atoms with E-state index < -0.39 is 0 Å². The molecule has 26 heavy (non-hydrogen) atoms. The average Bonchev–Trinajstić information content (AvgIpc) is 2.63. The Hall–Kier alpha value is -0.260. The van der Waals surface area contributed by atoms with Crippen LogP contribution in [-0.2, 0) is 0 Å². The van der Waals surface area contributed by atoms with Crippen LogP contribution in [0.2, 0.25) is 0 Å². The predicted molar refractivity (Wildman–Crippen MR) is 121 cm³/mol. The van der Waals surface area contributed by atoms with E-state index in [0.29, 0.717) is 0 Å². The zero-order valence-electron chi connectivity index (χ0n) is 18.5. The molecule has 0 nitrogen and oxygen atoms in total. The molecule has 154 valence electrons. The first-order chi connectivity index (χ1) is 12.7. The molecule has 0 saturated heterocycles. The first-order valence-corrected chi connectivity index (χ1v) is 12.0. The molecule has 2 radical (unpaired) electrons. The maximum Gasteiger partial charge on any atom is -0.0351 e. The summed E-state index contributed by atoms with van der Waals surface area (Å²) in [5, 5.41) is 0. The summed E-state index contributed by atoms with van der Waals surface area (Å²) < 4.78 is 0. The van der Waals surface area contributed by atoms with Crippen molar-refractivity contribution in [2.45, 2.75) is 129 Å². The maximum absolute atomic E-state index is 3.97. The topological polar surface area (TPSA) is 0 Å². The number of rotatable bonds is 20. The second-order valence-electron chi connectivity index (χ2n) is 8.58. The summed E-state index contributed by atoms with van der Waals surface area (Å²) in [6.07, 6.45) is 29.2. The van der Waals surface area contributed by atoms with E-state index in [1.165, 1.54) is 103 Å². The zero-order valence-corrected chi connectivity index (χ0v) is 18.5. The van der Waals surface area contributed by atoms with Gasteiger partial charge in [-0.25, -0.2) is 0 Å². The molecule has 0 aromatic heterocycles. The summed E-state index contributed by atoms with van der Waals surface area (Å²) in [5.41, 5.74) is 0. The van der Waals surface area contributed by atoms with Crippen molar-refractivity contribution in [2.24, 2.45) is 11.8 Å². The van der Waals surface area contributed by atoms with E-state index in [4.69, 9.17) is 0 Å². The van der Waals surface area contributed by atoms with Crippen molar-refractivity contribution in [3.05, 3.63) is 26.0 Å². The maximum atomic E-state index is 3.97. The third-order valence-corrected chi connectivity index (χ3v) is 5.75. The van der Waals surface area contributed by atoms with Gasteiger partial charge in [0.05, 0.1) is 0 Å². The molecule has 0 fully saturated rings. The van der Waals surface area contributed by atoms with Gasteiger partial charge < -0.3 is 0 Å². The molecule has 0 saturated carbocycles.